The van der Waals surface area contributed by atoms with Crippen LogP contribution in [0.5, 0.6) is 0 Å². The summed E-state index contributed by atoms with van der Waals surface area (Å²) in [6, 6.07) is -1.35. The summed E-state index contributed by atoms with van der Waals surface area (Å²) in [6.45, 7) is 13.8. The van der Waals surface area contributed by atoms with Gasteiger partial charge in [-0.2, -0.15) is 0 Å². The molecule has 380 valence electrons. The molecule has 0 aliphatic carbocycles. The lowest BCUT2D eigenvalue weighted by Gasteiger charge is -2.33. The van der Waals surface area contributed by atoms with Crippen LogP contribution in [-0.4, -0.2) is 120 Å². The van der Waals surface area contributed by atoms with E-state index in [1.807, 2.05) is 39.6 Å². The van der Waals surface area contributed by atoms with Crippen molar-refractivity contribution in [3.05, 3.63) is 24.3 Å². The van der Waals surface area contributed by atoms with E-state index in [9.17, 15) is 29.4 Å². The van der Waals surface area contributed by atoms with Crippen molar-refractivity contribution in [3.8, 4) is 0 Å². The van der Waals surface area contributed by atoms with Gasteiger partial charge in [-0.3, -0.25) is 19.2 Å². The minimum atomic E-state index is -0.674. The van der Waals surface area contributed by atoms with E-state index in [0.717, 1.165) is 64.2 Å². The largest absolute Gasteiger partial charge is 0.395 e. The maximum absolute atomic E-state index is 13.5. The summed E-state index contributed by atoms with van der Waals surface area (Å²) in [5.41, 5.74) is 0. The fourth-order valence-corrected chi connectivity index (χ4v) is 8.53. The monoisotopic (exact) mass is 918 g/mol. The molecule has 0 spiro atoms. The maximum Gasteiger partial charge on any atom is 0.243 e. The molecule has 0 aromatic rings. The zero-order valence-electron chi connectivity index (χ0n) is 43.2. The Balaban J connectivity index is 4.67. The summed E-state index contributed by atoms with van der Waals surface area (Å²) in [4.78, 5) is 58.8. The van der Waals surface area contributed by atoms with Crippen molar-refractivity contribution in [3.63, 3.8) is 0 Å². The number of nitrogens with one attached hydrogen (secondary N) is 2. The van der Waals surface area contributed by atoms with Gasteiger partial charge in [-0.05, 0) is 83.1 Å². The van der Waals surface area contributed by atoms with E-state index in [-0.39, 0.29) is 61.8 Å². The molecule has 0 heterocycles. The normalized spacial score (nSPS) is 12.8. The van der Waals surface area contributed by atoms with Crippen molar-refractivity contribution < 1.29 is 29.4 Å². The minimum absolute atomic E-state index is 0.0924. The van der Waals surface area contributed by atoms with Gasteiger partial charge in [0.1, 0.15) is 12.1 Å². The lowest BCUT2D eigenvalue weighted by molar-refractivity contribution is -0.143. The first-order valence-corrected chi connectivity index (χ1v) is 26.8. The average Bonchev–Trinajstić information content (AvgIpc) is 3.27. The van der Waals surface area contributed by atoms with Crippen LogP contribution >= 0.6 is 0 Å². The number of carbonyl (C=O) groups is 4. The second-order valence-electron chi connectivity index (χ2n) is 19.2. The number of amides is 4. The first-order valence-electron chi connectivity index (χ1n) is 26.8. The molecular weight excluding hydrogens is 815 g/mol. The summed E-state index contributed by atoms with van der Waals surface area (Å²) in [5, 5.41) is 25.7. The number of allylic oxidation sites excluding steroid dienone is 4. The molecule has 0 bridgehead atoms. The fraction of sp³-hybridized carbons (Fsp3) is 0.852. The van der Waals surface area contributed by atoms with Crippen molar-refractivity contribution in [1.82, 2.24) is 25.3 Å². The Morgan fingerprint density at radius 3 is 1.03 bits per heavy atom. The lowest BCUT2D eigenvalue weighted by atomic mass is 10.00. The first kappa shape index (κ1) is 62.2. The third-order valence-corrected chi connectivity index (χ3v) is 12.4. The highest BCUT2D eigenvalue weighted by Gasteiger charge is 2.33. The second kappa shape index (κ2) is 43.8. The highest BCUT2D eigenvalue weighted by molar-refractivity contribution is 5.88. The van der Waals surface area contributed by atoms with Gasteiger partial charge >= 0.3 is 0 Å². The molecule has 2 atom stereocenters. The Bertz CT molecular complexity index is 1230. The number of rotatable bonds is 45. The fourth-order valence-electron chi connectivity index (χ4n) is 8.53. The molecule has 0 radical (unpaired) electrons. The zero-order chi connectivity index (χ0) is 48.3. The highest BCUT2D eigenvalue weighted by atomic mass is 16.3. The molecule has 65 heavy (non-hydrogen) atoms. The average molecular weight is 918 g/mol. The molecule has 0 aliphatic heterocycles. The number of unbranched alkanes of at least 4 members (excludes halogenated alkanes) is 21. The van der Waals surface area contributed by atoms with Gasteiger partial charge < -0.3 is 35.5 Å². The van der Waals surface area contributed by atoms with Gasteiger partial charge in [0, 0.05) is 52.1 Å². The van der Waals surface area contributed by atoms with E-state index in [1.165, 1.54) is 96.3 Å². The third-order valence-electron chi connectivity index (χ3n) is 12.4. The number of hydrogen-bond donors (Lipinski definition) is 4. The molecule has 0 saturated carbocycles. The summed E-state index contributed by atoms with van der Waals surface area (Å²) in [7, 11) is 1.92. The topological polar surface area (TPSA) is 143 Å². The predicted octanol–water partition coefficient (Wildman–Crippen LogP) is 10.5. The van der Waals surface area contributed by atoms with Gasteiger partial charge in [0.25, 0.3) is 0 Å². The lowest BCUT2D eigenvalue weighted by Crippen LogP contribution is -2.54. The van der Waals surface area contributed by atoms with Crippen molar-refractivity contribution in [2.75, 3.05) is 59.5 Å². The number of nitrogens with zero attached hydrogens (tertiary/aromatic N) is 3. The van der Waals surface area contributed by atoms with Gasteiger partial charge in [0.2, 0.25) is 23.6 Å². The Morgan fingerprint density at radius 2 is 0.738 bits per heavy atom. The zero-order valence-corrected chi connectivity index (χ0v) is 43.2. The first-order chi connectivity index (χ1) is 31.5. The van der Waals surface area contributed by atoms with E-state index in [0.29, 0.717) is 39.0 Å². The second-order valence-corrected chi connectivity index (χ2v) is 19.2. The molecule has 0 aromatic carbocycles. The van der Waals surface area contributed by atoms with E-state index in [2.05, 4.69) is 48.8 Å². The standard InChI is InChI=1S/C54H103N5O6/c1-8-10-12-14-16-18-20-22-24-26-28-30-32-34-36-38-50(63)59(44-46-61)52(48(5)6)54(65)56-40-42-57(7)41-39-55-53(64)51(47(3)4)58(43-45-60)49(62)37-35-33-31-29-27-25-23-21-19-17-15-13-11-9-2/h21-24,47-48,51-52,60-61H,8-20,25-46H2,1-7H3,(H,55,64)(H,56,65)/b23-21-,24-22-. The van der Waals surface area contributed by atoms with Crippen LogP contribution in [0.4, 0.5) is 0 Å². The van der Waals surface area contributed by atoms with Crippen molar-refractivity contribution in [1.29, 1.82) is 0 Å². The molecule has 11 heteroatoms. The minimum Gasteiger partial charge on any atom is -0.395 e. The maximum atomic E-state index is 13.5. The van der Waals surface area contributed by atoms with Crippen molar-refractivity contribution >= 4 is 23.6 Å². The van der Waals surface area contributed by atoms with E-state index < -0.39 is 12.1 Å². The predicted molar refractivity (Wildman–Crippen MR) is 273 cm³/mol. The van der Waals surface area contributed by atoms with Gasteiger partial charge in [-0.15, -0.1) is 0 Å². The van der Waals surface area contributed by atoms with Crippen LogP contribution in [-0.2, 0) is 19.2 Å². The van der Waals surface area contributed by atoms with E-state index in [4.69, 9.17) is 0 Å². The van der Waals surface area contributed by atoms with Crippen LogP contribution < -0.4 is 10.6 Å². The SMILES string of the molecule is CCCCCCC/C=C\CCCCCCCC(=O)N(CCO)C(C(=O)NCCN(C)CCNC(=O)C(C(C)C)N(CCO)C(=O)CCCCCCC/C=C\CCCCCCCC)C(C)C. The summed E-state index contributed by atoms with van der Waals surface area (Å²) in [6.07, 6.45) is 39.5. The van der Waals surface area contributed by atoms with Crippen molar-refractivity contribution in [2.24, 2.45) is 11.8 Å². The molecule has 11 nitrogen and oxygen atoms in total. The molecule has 0 saturated heterocycles. The molecule has 0 aromatic heterocycles. The van der Waals surface area contributed by atoms with Crippen LogP contribution in [0.25, 0.3) is 0 Å². The smallest absolute Gasteiger partial charge is 0.243 e. The van der Waals surface area contributed by atoms with Crippen molar-refractivity contribution in [2.45, 2.75) is 227 Å². The Labute approximate surface area is 399 Å². The third kappa shape index (κ3) is 33.4. The Kier molecular flexibility index (Phi) is 41.9. The summed E-state index contributed by atoms with van der Waals surface area (Å²) < 4.78 is 0. The Morgan fingerprint density at radius 1 is 0.446 bits per heavy atom. The highest BCUT2D eigenvalue weighted by Crippen LogP contribution is 2.18. The van der Waals surface area contributed by atoms with Crippen LogP contribution in [0.3, 0.4) is 0 Å². The number of carbonyl (C=O) groups excluding carboxylic acids is 4. The van der Waals surface area contributed by atoms with Crippen LogP contribution in [0.1, 0.15) is 215 Å². The van der Waals surface area contributed by atoms with Gasteiger partial charge in [-0.1, -0.05) is 162 Å². The van der Waals surface area contributed by atoms with Crippen LogP contribution in [0.15, 0.2) is 24.3 Å². The molecule has 2 unspecified atom stereocenters. The number of hydrogen-bond acceptors (Lipinski definition) is 7. The number of aliphatic hydroxyl groups excluding tert-OH is 2. The molecule has 0 aliphatic rings. The summed E-state index contributed by atoms with van der Waals surface area (Å²) >= 11 is 0. The van der Waals surface area contributed by atoms with Gasteiger partial charge in [-0.25, -0.2) is 0 Å². The molecular formula is C54H103N5O6. The number of likely N-dealkylation sites (N-methyl/N-ethyl adjacent to an activating group) is 1. The van der Waals surface area contributed by atoms with Gasteiger partial charge in [0.15, 0.2) is 0 Å². The Hall–Kier alpha value is -2.76. The molecule has 0 fully saturated rings. The molecule has 0 rings (SSSR count). The van der Waals surface area contributed by atoms with Crippen LogP contribution in [0, 0.1) is 11.8 Å². The quantitative estimate of drug-likeness (QED) is 0.0352. The van der Waals surface area contributed by atoms with Gasteiger partial charge in [0.05, 0.1) is 13.2 Å². The van der Waals surface area contributed by atoms with Crippen LogP contribution in [0.2, 0.25) is 0 Å². The van der Waals surface area contributed by atoms with E-state index >= 15 is 0 Å². The molecule has 4 amide bonds. The summed E-state index contributed by atoms with van der Waals surface area (Å²) in [5.74, 6) is -0.901. The molecule has 4 N–H and O–H groups in total. The number of aliphatic hydroxyl groups is 2. The van der Waals surface area contributed by atoms with E-state index in [1.54, 1.807) is 9.80 Å².